The van der Waals surface area contributed by atoms with E-state index in [0.717, 1.165) is 19.1 Å². The molecule has 2 fully saturated rings. The average Bonchev–Trinajstić information content (AvgIpc) is 2.88. The molecule has 1 amide bonds. The number of sulfonamides is 1. The number of nitrogens with one attached hydrogen (secondary N) is 1. The summed E-state index contributed by atoms with van der Waals surface area (Å²) in [7, 11) is -3.33. The standard InChI is InChI=1S/C15H25N3O4S/c1-3-4-12-9-18(10-13(12)17-23(2,20)21)14(19)15(11-16)5-7-22-8-6-15/h12-13,17H,3-10H2,1-2H3/t12-,13-/m0/s1. The molecule has 130 valence electrons. The second kappa shape index (κ2) is 7.16. The van der Waals surface area contributed by atoms with Gasteiger partial charge in [-0.05, 0) is 25.2 Å². The van der Waals surface area contributed by atoms with Crippen molar-refractivity contribution in [1.29, 1.82) is 5.26 Å². The summed E-state index contributed by atoms with van der Waals surface area (Å²) in [4.78, 5) is 14.5. The first-order valence-corrected chi connectivity index (χ1v) is 9.96. The van der Waals surface area contributed by atoms with Crippen LogP contribution in [-0.2, 0) is 19.6 Å². The number of ether oxygens (including phenoxy) is 1. The Morgan fingerprint density at radius 2 is 2.04 bits per heavy atom. The molecule has 8 heteroatoms. The topological polar surface area (TPSA) is 99.5 Å². The van der Waals surface area contributed by atoms with Gasteiger partial charge in [-0.1, -0.05) is 13.3 Å². The highest BCUT2D eigenvalue weighted by atomic mass is 32.2. The summed E-state index contributed by atoms with van der Waals surface area (Å²) < 4.78 is 31.0. The number of rotatable bonds is 5. The molecule has 2 saturated heterocycles. The van der Waals surface area contributed by atoms with E-state index in [1.165, 1.54) is 0 Å². The third-order valence-electron chi connectivity index (χ3n) is 4.72. The molecular weight excluding hydrogens is 318 g/mol. The van der Waals surface area contributed by atoms with Crippen LogP contribution in [0.5, 0.6) is 0 Å². The van der Waals surface area contributed by atoms with E-state index in [1.807, 2.05) is 6.92 Å². The van der Waals surface area contributed by atoms with Crippen molar-refractivity contribution in [3.05, 3.63) is 0 Å². The molecule has 2 rings (SSSR count). The number of likely N-dealkylation sites (tertiary alicyclic amines) is 1. The zero-order valence-corrected chi connectivity index (χ0v) is 14.6. The number of hydrogen-bond donors (Lipinski definition) is 1. The molecule has 2 aliphatic rings. The Kier molecular flexibility index (Phi) is 5.65. The average molecular weight is 343 g/mol. The third kappa shape index (κ3) is 4.22. The lowest BCUT2D eigenvalue weighted by Crippen LogP contribution is -2.46. The fourth-order valence-corrected chi connectivity index (χ4v) is 4.32. The predicted molar refractivity (Wildman–Crippen MR) is 84.8 cm³/mol. The minimum absolute atomic E-state index is 0.0919. The molecule has 0 aromatic carbocycles. The van der Waals surface area contributed by atoms with Gasteiger partial charge in [0.2, 0.25) is 15.9 Å². The predicted octanol–water partition coefficient (Wildman–Crippen LogP) is 0.483. The summed E-state index contributed by atoms with van der Waals surface area (Å²) in [6.07, 6.45) is 3.71. The molecule has 0 bridgehead atoms. The maximum absolute atomic E-state index is 12.9. The van der Waals surface area contributed by atoms with E-state index in [2.05, 4.69) is 10.8 Å². The van der Waals surface area contributed by atoms with Crippen LogP contribution in [0, 0.1) is 22.7 Å². The molecule has 0 unspecified atom stereocenters. The van der Waals surface area contributed by atoms with Gasteiger partial charge in [-0.3, -0.25) is 4.79 Å². The number of amides is 1. The molecule has 0 aromatic rings. The van der Waals surface area contributed by atoms with Gasteiger partial charge in [0.15, 0.2) is 0 Å². The monoisotopic (exact) mass is 343 g/mol. The van der Waals surface area contributed by atoms with Crippen molar-refractivity contribution in [1.82, 2.24) is 9.62 Å². The van der Waals surface area contributed by atoms with E-state index in [-0.39, 0.29) is 17.9 Å². The van der Waals surface area contributed by atoms with Crippen molar-refractivity contribution in [2.45, 2.75) is 38.6 Å². The van der Waals surface area contributed by atoms with Gasteiger partial charge in [0.1, 0.15) is 5.41 Å². The van der Waals surface area contributed by atoms with Crippen molar-refractivity contribution in [3.63, 3.8) is 0 Å². The second-order valence-electron chi connectivity index (χ2n) is 6.56. The van der Waals surface area contributed by atoms with Gasteiger partial charge in [0.25, 0.3) is 0 Å². The highest BCUT2D eigenvalue weighted by Crippen LogP contribution is 2.34. The number of nitriles is 1. The first kappa shape index (κ1) is 18.2. The van der Waals surface area contributed by atoms with Gasteiger partial charge in [-0.15, -0.1) is 0 Å². The first-order valence-electron chi connectivity index (χ1n) is 8.07. The maximum Gasteiger partial charge on any atom is 0.243 e. The van der Waals surface area contributed by atoms with Crippen LogP contribution in [0.3, 0.4) is 0 Å². The van der Waals surface area contributed by atoms with E-state index < -0.39 is 15.4 Å². The van der Waals surface area contributed by atoms with Crippen molar-refractivity contribution in [2.24, 2.45) is 11.3 Å². The van der Waals surface area contributed by atoms with E-state index in [4.69, 9.17) is 4.74 Å². The van der Waals surface area contributed by atoms with Crippen molar-refractivity contribution in [3.8, 4) is 6.07 Å². The van der Waals surface area contributed by atoms with Crippen molar-refractivity contribution >= 4 is 15.9 Å². The lowest BCUT2D eigenvalue weighted by atomic mass is 9.80. The van der Waals surface area contributed by atoms with Crippen LogP contribution in [-0.4, -0.2) is 57.8 Å². The molecule has 7 nitrogen and oxygen atoms in total. The molecule has 0 aliphatic carbocycles. The van der Waals surface area contributed by atoms with E-state index in [9.17, 15) is 18.5 Å². The molecule has 23 heavy (non-hydrogen) atoms. The zero-order chi connectivity index (χ0) is 17.1. The summed E-state index contributed by atoms with van der Waals surface area (Å²) in [6, 6.07) is 1.92. The zero-order valence-electron chi connectivity index (χ0n) is 13.7. The van der Waals surface area contributed by atoms with Gasteiger partial charge in [-0.2, -0.15) is 5.26 Å². The van der Waals surface area contributed by atoms with Crippen molar-refractivity contribution < 1.29 is 17.9 Å². The Morgan fingerprint density at radius 3 is 2.57 bits per heavy atom. The summed E-state index contributed by atoms with van der Waals surface area (Å²) >= 11 is 0. The molecule has 0 saturated carbocycles. The summed E-state index contributed by atoms with van der Waals surface area (Å²) in [5, 5.41) is 9.53. The molecule has 0 spiro atoms. The Hall–Kier alpha value is -1.17. The lowest BCUT2D eigenvalue weighted by molar-refractivity contribution is -0.142. The van der Waals surface area contributed by atoms with E-state index >= 15 is 0 Å². The van der Waals surface area contributed by atoms with Crippen molar-refractivity contribution in [2.75, 3.05) is 32.6 Å². The fraction of sp³-hybridized carbons (Fsp3) is 0.867. The van der Waals surface area contributed by atoms with Gasteiger partial charge in [-0.25, -0.2) is 13.1 Å². The number of carbonyl (C=O) groups excluding carboxylic acids is 1. The molecule has 2 heterocycles. The Bertz CT molecular complexity index is 578. The van der Waals surface area contributed by atoms with Crippen LogP contribution in [0.2, 0.25) is 0 Å². The lowest BCUT2D eigenvalue weighted by Gasteiger charge is -2.33. The van der Waals surface area contributed by atoms with Gasteiger partial charge in [0.05, 0.1) is 12.3 Å². The second-order valence-corrected chi connectivity index (χ2v) is 8.34. The molecular formula is C15H25N3O4S. The normalized spacial score (nSPS) is 27.6. The van der Waals surface area contributed by atoms with Crippen LogP contribution in [0.15, 0.2) is 0 Å². The Labute approximate surface area is 138 Å². The highest BCUT2D eigenvalue weighted by Gasteiger charge is 2.46. The summed E-state index contributed by atoms with van der Waals surface area (Å²) in [5.74, 6) is -0.0866. The first-order chi connectivity index (χ1) is 10.8. The van der Waals surface area contributed by atoms with E-state index in [0.29, 0.717) is 39.1 Å². The number of nitrogens with zero attached hydrogens (tertiary/aromatic N) is 2. The smallest absolute Gasteiger partial charge is 0.243 e. The SMILES string of the molecule is CCC[C@H]1CN(C(=O)C2(C#N)CCOCC2)C[C@@H]1NS(C)(=O)=O. The Balaban J connectivity index is 2.14. The summed E-state index contributed by atoms with van der Waals surface area (Å²) in [5.41, 5.74) is -1.02. The summed E-state index contributed by atoms with van der Waals surface area (Å²) in [6.45, 7) is 3.70. The number of hydrogen-bond acceptors (Lipinski definition) is 5. The molecule has 0 radical (unpaired) electrons. The highest BCUT2D eigenvalue weighted by molar-refractivity contribution is 7.88. The van der Waals surface area contributed by atoms with Gasteiger partial charge >= 0.3 is 0 Å². The van der Waals surface area contributed by atoms with Crippen LogP contribution in [0.1, 0.15) is 32.6 Å². The Morgan fingerprint density at radius 1 is 1.39 bits per heavy atom. The minimum atomic E-state index is -3.33. The molecule has 1 N–H and O–H groups in total. The maximum atomic E-state index is 12.9. The quantitative estimate of drug-likeness (QED) is 0.783. The van der Waals surface area contributed by atoms with Crippen LogP contribution < -0.4 is 4.72 Å². The molecule has 0 aromatic heterocycles. The third-order valence-corrected chi connectivity index (χ3v) is 5.45. The van der Waals surface area contributed by atoms with Crippen LogP contribution >= 0.6 is 0 Å². The van der Waals surface area contributed by atoms with E-state index in [1.54, 1.807) is 4.90 Å². The molecule has 2 aliphatic heterocycles. The number of carbonyl (C=O) groups is 1. The van der Waals surface area contributed by atoms with Crippen LogP contribution in [0.25, 0.3) is 0 Å². The van der Waals surface area contributed by atoms with Crippen LogP contribution in [0.4, 0.5) is 0 Å². The fourth-order valence-electron chi connectivity index (χ4n) is 3.50. The molecule has 2 atom stereocenters. The van der Waals surface area contributed by atoms with Gasteiger partial charge in [0, 0.05) is 32.3 Å². The largest absolute Gasteiger partial charge is 0.381 e. The van der Waals surface area contributed by atoms with Gasteiger partial charge < -0.3 is 9.64 Å². The minimum Gasteiger partial charge on any atom is -0.381 e.